The zero-order valence-corrected chi connectivity index (χ0v) is 12.3. The van der Waals surface area contributed by atoms with E-state index in [1.807, 2.05) is 43.3 Å². The maximum atomic E-state index is 9.93. The molecule has 2 rings (SSSR count). The molecule has 0 saturated heterocycles. The molecule has 0 aliphatic rings. The SMILES string of the molecule is CCNC(CO)(CSc1ccncn1)c1ccccc1. The molecular formula is C15H19N3OS. The Hall–Kier alpha value is -1.43. The lowest BCUT2D eigenvalue weighted by molar-refractivity contribution is 0.181. The molecule has 0 fully saturated rings. The fourth-order valence-electron chi connectivity index (χ4n) is 2.09. The monoisotopic (exact) mass is 289 g/mol. The van der Waals surface area contributed by atoms with Crippen LogP contribution in [0.25, 0.3) is 0 Å². The number of benzene rings is 1. The van der Waals surface area contributed by atoms with E-state index >= 15 is 0 Å². The van der Waals surface area contributed by atoms with Gasteiger partial charge in [-0.15, -0.1) is 11.8 Å². The molecular weight excluding hydrogens is 270 g/mol. The first-order chi connectivity index (χ1) is 9.80. The van der Waals surface area contributed by atoms with Gasteiger partial charge in [-0.05, 0) is 18.2 Å². The summed E-state index contributed by atoms with van der Waals surface area (Å²) in [6.45, 7) is 2.88. The highest BCUT2D eigenvalue weighted by atomic mass is 32.2. The predicted octanol–water partition coefficient (Wildman–Crippen LogP) is 2.07. The average molecular weight is 289 g/mol. The van der Waals surface area contributed by atoms with Crippen molar-refractivity contribution in [2.24, 2.45) is 0 Å². The summed E-state index contributed by atoms with van der Waals surface area (Å²) in [7, 11) is 0. The van der Waals surface area contributed by atoms with Crippen molar-refractivity contribution in [2.75, 3.05) is 18.9 Å². The van der Waals surface area contributed by atoms with Crippen molar-refractivity contribution in [1.82, 2.24) is 15.3 Å². The summed E-state index contributed by atoms with van der Waals surface area (Å²) in [4.78, 5) is 8.13. The van der Waals surface area contributed by atoms with E-state index in [-0.39, 0.29) is 6.61 Å². The van der Waals surface area contributed by atoms with Crippen LogP contribution in [0.4, 0.5) is 0 Å². The summed E-state index contributed by atoms with van der Waals surface area (Å²) < 4.78 is 0. The van der Waals surface area contributed by atoms with Crippen molar-refractivity contribution < 1.29 is 5.11 Å². The van der Waals surface area contributed by atoms with E-state index < -0.39 is 5.54 Å². The second-order valence-electron chi connectivity index (χ2n) is 4.47. The lowest BCUT2D eigenvalue weighted by Crippen LogP contribution is -2.47. The number of likely N-dealkylation sites (N-methyl/N-ethyl adjacent to an activating group) is 1. The maximum absolute atomic E-state index is 9.93. The molecule has 2 N–H and O–H groups in total. The van der Waals surface area contributed by atoms with Gasteiger partial charge in [0, 0.05) is 11.9 Å². The van der Waals surface area contributed by atoms with Crippen molar-refractivity contribution >= 4 is 11.8 Å². The van der Waals surface area contributed by atoms with Crippen LogP contribution >= 0.6 is 11.8 Å². The minimum absolute atomic E-state index is 0.0446. The quantitative estimate of drug-likeness (QED) is 0.603. The van der Waals surface area contributed by atoms with Crippen LogP contribution in [0.5, 0.6) is 0 Å². The van der Waals surface area contributed by atoms with Crippen LogP contribution in [0.15, 0.2) is 53.9 Å². The number of thioether (sulfide) groups is 1. The van der Waals surface area contributed by atoms with Gasteiger partial charge in [0.2, 0.25) is 0 Å². The Kier molecular flexibility index (Phi) is 5.52. The minimum Gasteiger partial charge on any atom is -0.394 e. The van der Waals surface area contributed by atoms with Crippen molar-refractivity contribution in [2.45, 2.75) is 17.5 Å². The zero-order chi connectivity index (χ0) is 14.3. The highest BCUT2D eigenvalue weighted by Gasteiger charge is 2.30. The second kappa shape index (κ2) is 7.38. The molecule has 1 unspecified atom stereocenters. The highest BCUT2D eigenvalue weighted by Crippen LogP contribution is 2.28. The van der Waals surface area contributed by atoms with E-state index in [9.17, 15) is 5.11 Å². The van der Waals surface area contributed by atoms with Gasteiger partial charge in [0.1, 0.15) is 6.33 Å². The molecule has 2 aromatic rings. The Morgan fingerprint density at radius 1 is 1.25 bits per heavy atom. The van der Waals surface area contributed by atoms with E-state index in [2.05, 4.69) is 15.3 Å². The van der Waals surface area contributed by atoms with E-state index in [0.717, 1.165) is 17.1 Å². The fraction of sp³-hybridized carbons (Fsp3) is 0.333. The normalized spacial score (nSPS) is 13.9. The number of aliphatic hydroxyl groups excluding tert-OH is 1. The van der Waals surface area contributed by atoms with E-state index in [1.165, 1.54) is 0 Å². The molecule has 0 aliphatic heterocycles. The molecule has 0 bridgehead atoms. The van der Waals surface area contributed by atoms with Gasteiger partial charge in [0.15, 0.2) is 0 Å². The number of nitrogens with zero attached hydrogens (tertiary/aromatic N) is 2. The first-order valence-corrected chi connectivity index (χ1v) is 7.59. The molecule has 0 spiro atoms. The van der Waals surface area contributed by atoms with Gasteiger partial charge in [-0.25, -0.2) is 9.97 Å². The van der Waals surface area contributed by atoms with Crippen molar-refractivity contribution in [1.29, 1.82) is 0 Å². The predicted molar refractivity (Wildman–Crippen MR) is 81.6 cm³/mol. The summed E-state index contributed by atoms with van der Waals surface area (Å²) in [6.07, 6.45) is 3.27. The Labute approximate surface area is 123 Å². The molecule has 0 aliphatic carbocycles. The second-order valence-corrected chi connectivity index (χ2v) is 5.47. The van der Waals surface area contributed by atoms with Crippen LogP contribution in [-0.2, 0) is 5.54 Å². The van der Waals surface area contributed by atoms with Crippen LogP contribution in [0.3, 0.4) is 0 Å². The number of aliphatic hydroxyl groups is 1. The Balaban J connectivity index is 2.19. The standard InChI is InChI=1S/C15H19N3OS/c1-2-18-15(10-19,13-6-4-3-5-7-13)11-20-14-8-9-16-12-17-14/h3-9,12,18-19H,2,10-11H2,1H3. The molecule has 4 nitrogen and oxygen atoms in total. The Morgan fingerprint density at radius 2 is 2.05 bits per heavy atom. The maximum Gasteiger partial charge on any atom is 0.116 e. The first-order valence-electron chi connectivity index (χ1n) is 6.61. The first kappa shape index (κ1) is 15.0. The largest absolute Gasteiger partial charge is 0.394 e. The molecule has 1 atom stereocenters. The van der Waals surface area contributed by atoms with Gasteiger partial charge < -0.3 is 10.4 Å². The third kappa shape index (κ3) is 3.56. The molecule has 1 aromatic heterocycles. The molecule has 106 valence electrons. The summed E-state index contributed by atoms with van der Waals surface area (Å²) >= 11 is 1.61. The number of aromatic nitrogens is 2. The van der Waals surface area contributed by atoms with Gasteiger partial charge >= 0.3 is 0 Å². The van der Waals surface area contributed by atoms with Gasteiger partial charge in [0.25, 0.3) is 0 Å². The summed E-state index contributed by atoms with van der Waals surface area (Å²) in [5, 5.41) is 14.3. The number of nitrogens with one attached hydrogen (secondary N) is 1. The highest BCUT2D eigenvalue weighted by molar-refractivity contribution is 7.99. The van der Waals surface area contributed by atoms with Crippen LogP contribution in [0.2, 0.25) is 0 Å². The topological polar surface area (TPSA) is 58.0 Å². The van der Waals surface area contributed by atoms with Crippen LogP contribution < -0.4 is 5.32 Å². The van der Waals surface area contributed by atoms with Crippen molar-refractivity contribution in [3.63, 3.8) is 0 Å². The number of hydrogen-bond donors (Lipinski definition) is 2. The lowest BCUT2D eigenvalue weighted by atomic mass is 9.92. The fourth-order valence-corrected chi connectivity index (χ4v) is 3.12. The molecule has 0 amide bonds. The molecule has 1 heterocycles. The molecule has 1 aromatic carbocycles. The minimum atomic E-state index is -0.453. The summed E-state index contributed by atoms with van der Waals surface area (Å²) in [5.41, 5.74) is 0.636. The smallest absolute Gasteiger partial charge is 0.116 e. The van der Waals surface area contributed by atoms with Gasteiger partial charge in [-0.1, -0.05) is 37.3 Å². The molecule has 0 saturated carbocycles. The molecule has 20 heavy (non-hydrogen) atoms. The third-order valence-electron chi connectivity index (χ3n) is 3.13. The van der Waals surface area contributed by atoms with Gasteiger partial charge in [-0.2, -0.15) is 0 Å². The van der Waals surface area contributed by atoms with Gasteiger partial charge in [-0.3, -0.25) is 0 Å². The van der Waals surface area contributed by atoms with Gasteiger partial charge in [0.05, 0.1) is 17.2 Å². The van der Waals surface area contributed by atoms with Crippen molar-refractivity contribution in [3.05, 3.63) is 54.5 Å². The zero-order valence-electron chi connectivity index (χ0n) is 11.5. The average Bonchev–Trinajstić information content (AvgIpc) is 2.53. The van der Waals surface area contributed by atoms with E-state index in [4.69, 9.17) is 0 Å². The van der Waals surface area contributed by atoms with Crippen LogP contribution in [0.1, 0.15) is 12.5 Å². The number of hydrogen-bond acceptors (Lipinski definition) is 5. The third-order valence-corrected chi connectivity index (χ3v) is 4.31. The van der Waals surface area contributed by atoms with E-state index in [1.54, 1.807) is 24.3 Å². The summed E-state index contributed by atoms with van der Waals surface area (Å²) in [6, 6.07) is 11.9. The summed E-state index contributed by atoms with van der Waals surface area (Å²) in [5.74, 6) is 0.707. The lowest BCUT2D eigenvalue weighted by Gasteiger charge is -2.33. The Morgan fingerprint density at radius 3 is 2.65 bits per heavy atom. The molecule has 5 heteroatoms. The van der Waals surface area contributed by atoms with Crippen LogP contribution in [0, 0.1) is 0 Å². The van der Waals surface area contributed by atoms with Crippen molar-refractivity contribution in [3.8, 4) is 0 Å². The van der Waals surface area contributed by atoms with Crippen LogP contribution in [-0.4, -0.2) is 34.0 Å². The molecule has 0 radical (unpaired) electrons. The number of rotatable bonds is 7. The van der Waals surface area contributed by atoms with E-state index in [0.29, 0.717) is 5.75 Å². The Bertz CT molecular complexity index is 509.